The van der Waals surface area contributed by atoms with Gasteiger partial charge in [-0.1, -0.05) is 29.8 Å². The number of quaternary nitrogens is 1. The molecule has 0 saturated carbocycles. The molecule has 1 fully saturated rings. The molecule has 1 aliphatic heterocycles. The van der Waals surface area contributed by atoms with E-state index in [9.17, 15) is 13.2 Å². The van der Waals surface area contributed by atoms with Gasteiger partial charge >= 0.3 is 0 Å². The van der Waals surface area contributed by atoms with Gasteiger partial charge in [0.05, 0.1) is 38.5 Å². The minimum absolute atomic E-state index is 0.0426. The maximum absolute atomic E-state index is 12.6. The first-order valence-electron chi connectivity index (χ1n) is 9.34. The van der Waals surface area contributed by atoms with Crippen LogP contribution < -0.4 is 4.90 Å². The Morgan fingerprint density at radius 3 is 2.37 bits per heavy atom. The van der Waals surface area contributed by atoms with Crippen LogP contribution in [-0.2, 0) is 21.3 Å². The minimum atomic E-state index is -3.37. The van der Waals surface area contributed by atoms with Crippen molar-refractivity contribution < 1.29 is 22.5 Å². The Morgan fingerprint density at radius 1 is 1.07 bits per heavy atom. The number of aryl methyl sites for hydroxylation is 1. The number of piperazine rings is 1. The molecule has 2 heterocycles. The Kier molecular flexibility index (Phi) is 6.01. The van der Waals surface area contributed by atoms with Crippen LogP contribution in [0.2, 0.25) is 0 Å². The first kappa shape index (κ1) is 19.6. The number of likely N-dealkylation sites (N-methyl/N-ethyl adjacent to an activating group) is 1. The number of nitrogens with zero attached hydrogens (tertiary/aromatic N) is 1. The van der Waals surface area contributed by atoms with Gasteiger partial charge in [-0.05, 0) is 31.5 Å². The lowest BCUT2D eigenvalue weighted by molar-refractivity contribution is -0.902. The number of hydrogen-bond donors (Lipinski definition) is 1. The lowest BCUT2D eigenvalue weighted by Crippen LogP contribution is -3.14. The third-order valence-corrected chi connectivity index (χ3v) is 6.50. The number of rotatable bonds is 6. The molecule has 1 N–H and O–H groups in total. The van der Waals surface area contributed by atoms with Crippen molar-refractivity contribution in [3.05, 3.63) is 59.0 Å². The molecule has 0 atom stereocenters. The van der Waals surface area contributed by atoms with E-state index in [1.165, 1.54) is 4.90 Å². The SMILES string of the molecule is CC[NH+]1CCN(C(=O)c2ccc(CS(=O)(=O)Cc3ccc(C)cc3)o2)CC1. The van der Waals surface area contributed by atoms with Crippen molar-refractivity contribution in [1.29, 1.82) is 0 Å². The molecule has 0 bridgehead atoms. The van der Waals surface area contributed by atoms with Crippen molar-refractivity contribution in [3.8, 4) is 0 Å². The first-order valence-corrected chi connectivity index (χ1v) is 11.2. The first-order chi connectivity index (χ1) is 12.9. The topological polar surface area (TPSA) is 72.0 Å². The molecule has 7 heteroatoms. The Hall–Kier alpha value is -2.12. The summed E-state index contributed by atoms with van der Waals surface area (Å²) in [7, 11) is -3.37. The average molecular weight is 392 g/mol. The predicted molar refractivity (Wildman–Crippen MR) is 103 cm³/mol. The molecule has 0 spiro atoms. The van der Waals surface area contributed by atoms with Crippen LogP contribution in [-0.4, -0.2) is 51.9 Å². The van der Waals surface area contributed by atoms with Crippen LogP contribution in [0.15, 0.2) is 40.8 Å². The molecule has 3 rings (SSSR count). The van der Waals surface area contributed by atoms with Crippen molar-refractivity contribution in [2.45, 2.75) is 25.4 Å². The molecule has 1 saturated heterocycles. The largest absolute Gasteiger partial charge is 0.455 e. The number of furan rings is 1. The van der Waals surface area contributed by atoms with Gasteiger partial charge in [-0.2, -0.15) is 0 Å². The maximum atomic E-state index is 12.6. The number of sulfone groups is 1. The van der Waals surface area contributed by atoms with Gasteiger partial charge in [0.1, 0.15) is 11.5 Å². The van der Waals surface area contributed by atoms with Gasteiger partial charge in [0.25, 0.3) is 5.91 Å². The van der Waals surface area contributed by atoms with Gasteiger partial charge in [0.2, 0.25) is 0 Å². The number of benzene rings is 1. The van der Waals surface area contributed by atoms with E-state index in [0.717, 1.165) is 30.8 Å². The summed E-state index contributed by atoms with van der Waals surface area (Å²) in [5.41, 5.74) is 1.84. The fourth-order valence-electron chi connectivity index (χ4n) is 3.31. The number of carbonyl (C=O) groups excluding carboxylic acids is 1. The summed E-state index contributed by atoms with van der Waals surface area (Å²) in [4.78, 5) is 15.8. The molecule has 2 aromatic rings. The third-order valence-electron chi connectivity index (χ3n) is 5.00. The van der Waals surface area contributed by atoms with E-state index < -0.39 is 9.84 Å². The Bertz CT molecular complexity index is 879. The van der Waals surface area contributed by atoms with Crippen molar-refractivity contribution >= 4 is 15.7 Å². The highest BCUT2D eigenvalue weighted by atomic mass is 32.2. The van der Waals surface area contributed by atoms with Gasteiger partial charge in [0.15, 0.2) is 15.6 Å². The second kappa shape index (κ2) is 8.27. The zero-order valence-corrected chi connectivity index (χ0v) is 16.7. The lowest BCUT2D eigenvalue weighted by atomic mass is 10.2. The molecule has 0 radical (unpaired) electrons. The fraction of sp³-hybridized carbons (Fsp3) is 0.450. The summed E-state index contributed by atoms with van der Waals surface area (Å²) in [6, 6.07) is 10.6. The highest BCUT2D eigenvalue weighted by molar-refractivity contribution is 7.89. The average Bonchev–Trinajstić information content (AvgIpc) is 3.10. The standard InChI is InChI=1S/C20H26N2O4S/c1-3-21-10-12-22(13-11-21)20(23)19-9-8-18(26-19)15-27(24,25)14-17-6-4-16(2)5-7-17/h4-9H,3,10-15H2,1-2H3/p+1. The molecule has 6 nitrogen and oxygen atoms in total. The minimum Gasteiger partial charge on any atom is -0.455 e. The third kappa shape index (κ3) is 5.20. The summed E-state index contributed by atoms with van der Waals surface area (Å²) in [5.74, 6) is 0.118. The van der Waals surface area contributed by atoms with Crippen LogP contribution in [0.25, 0.3) is 0 Å². The molecule has 0 unspecified atom stereocenters. The van der Waals surface area contributed by atoms with Crippen LogP contribution >= 0.6 is 0 Å². The van der Waals surface area contributed by atoms with E-state index in [1.807, 2.05) is 31.2 Å². The fourth-order valence-corrected chi connectivity index (χ4v) is 4.70. The van der Waals surface area contributed by atoms with E-state index in [0.29, 0.717) is 18.8 Å². The van der Waals surface area contributed by atoms with Crippen LogP contribution in [0, 0.1) is 6.92 Å². The highest BCUT2D eigenvalue weighted by Gasteiger charge is 2.26. The van der Waals surface area contributed by atoms with Crippen molar-refractivity contribution in [1.82, 2.24) is 4.90 Å². The Morgan fingerprint density at radius 2 is 1.74 bits per heavy atom. The number of amides is 1. The number of nitrogens with one attached hydrogen (secondary N) is 1. The summed E-state index contributed by atoms with van der Waals surface area (Å²) in [5, 5.41) is 0. The summed E-state index contributed by atoms with van der Waals surface area (Å²) >= 11 is 0. The molecule has 1 amide bonds. The zero-order chi connectivity index (χ0) is 19.4. The zero-order valence-electron chi connectivity index (χ0n) is 15.9. The second-order valence-electron chi connectivity index (χ2n) is 7.18. The summed E-state index contributed by atoms with van der Waals surface area (Å²) < 4.78 is 30.5. The molecular formula is C20H27N2O4S+. The van der Waals surface area contributed by atoms with Crippen LogP contribution in [0.1, 0.15) is 34.4 Å². The molecule has 1 aromatic carbocycles. The van der Waals surface area contributed by atoms with Crippen molar-refractivity contribution in [3.63, 3.8) is 0 Å². The molecule has 27 heavy (non-hydrogen) atoms. The lowest BCUT2D eigenvalue weighted by Gasteiger charge is -2.31. The van der Waals surface area contributed by atoms with Gasteiger partial charge in [-0.15, -0.1) is 0 Å². The number of carbonyl (C=O) groups is 1. The Labute approximate surface area is 160 Å². The molecular weight excluding hydrogens is 364 g/mol. The predicted octanol–water partition coefficient (Wildman–Crippen LogP) is 1.06. The maximum Gasteiger partial charge on any atom is 0.289 e. The van der Waals surface area contributed by atoms with E-state index in [-0.39, 0.29) is 23.2 Å². The van der Waals surface area contributed by atoms with E-state index in [2.05, 4.69) is 6.92 Å². The monoisotopic (exact) mass is 391 g/mol. The van der Waals surface area contributed by atoms with Crippen LogP contribution in [0.4, 0.5) is 0 Å². The Balaban J connectivity index is 1.61. The number of hydrogen-bond acceptors (Lipinski definition) is 4. The molecule has 1 aliphatic rings. The van der Waals surface area contributed by atoms with Gasteiger partial charge in [-0.25, -0.2) is 8.42 Å². The highest BCUT2D eigenvalue weighted by Crippen LogP contribution is 2.17. The van der Waals surface area contributed by atoms with Crippen LogP contribution in [0.5, 0.6) is 0 Å². The van der Waals surface area contributed by atoms with Crippen molar-refractivity contribution in [2.24, 2.45) is 0 Å². The summed E-state index contributed by atoms with van der Waals surface area (Å²) in [6.45, 7) is 8.42. The van der Waals surface area contributed by atoms with Gasteiger partial charge in [0, 0.05) is 0 Å². The van der Waals surface area contributed by atoms with Gasteiger partial charge in [-0.3, -0.25) is 4.79 Å². The van der Waals surface area contributed by atoms with Crippen LogP contribution in [0.3, 0.4) is 0 Å². The van der Waals surface area contributed by atoms with E-state index in [1.54, 1.807) is 17.0 Å². The molecule has 1 aromatic heterocycles. The van der Waals surface area contributed by atoms with Gasteiger partial charge < -0.3 is 14.2 Å². The summed E-state index contributed by atoms with van der Waals surface area (Å²) in [6.07, 6.45) is 0. The molecule has 0 aliphatic carbocycles. The second-order valence-corrected chi connectivity index (χ2v) is 9.24. The van der Waals surface area contributed by atoms with E-state index >= 15 is 0 Å². The quantitative estimate of drug-likeness (QED) is 0.799. The smallest absolute Gasteiger partial charge is 0.289 e. The molecule has 146 valence electrons. The van der Waals surface area contributed by atoms with Crippen molar-refractivity contribution in [2.75, 3.05) is 32.7 Å². The normalized spacial score (nSPS) is 15.9. The van der Waals surface area contributed by atoms with E-state index in [4.69, 9.17) is 4.42 Å².